The molecule has 0 saturated carbocycles. The highest BCUT2D eigenvalue weighted by atomic mass is 16.6. The summed E-state index contributed by atoms with van der Waals surface area (Å²) in [6.45, 7) is 1.20. The molecule has 1 aliphatic heterocycles. The van der Waals surface area contributed by atoms with Crippen molar-refractivity contribution in [1.29, 1.82) is 0 Å². The van der Waals surface area contributed by atoms with Crippen molar-refractivity contribution in [3.8, 4) is 0 Å². The second kappa shape index (κ2) is 7.26. The molecule has 1 aromatic carbocycles. The molecule has 1 aliphatic rings. The average molecular weight is 322 g/mol. The van der Waals surface area contributed by atoms with Crippen molar-refractivity contribution < 1.29 is 34.0 Å². The molecular formula is C16H18O7. The van der Waals surface area contributed by atoms with Gasteiger partial charge in [-0.1, -0.05) is 30.3 Å². The first kappa shape index (κ1) is 17.0. The highest BCUT2D eigenvalue weighted by molar-refractivity contribution is 5.80. The Morgan fingerprint density at radius 1 is 1.30 bits per heavy atom. The lowest BCUT2D eigenvalue weighted by Gasteiger charge is -2.22. The van der Waals surface area contributed by atoms with Gasteiger partial charge in [0.2, 0.25) is 0 Å². The third kappa shape index (κ3) is 4.30. The Balaban J connectivity index is 2.18. The third-order valence-corrected chi connectivity index (χ3v) is 3.38. The number of epoxide rings is 1. The molecule has 1 heterocycles. The lowest BCUT2D eigenvalue weighted by Crippen LogP contribution is -2.37. The fourth-order valence-electron chi connectivity index (χ4n) is 2.34. The highest BCUT2D eigenvalue weighted by Crippen LogP contribution is 2.43. The number of benzene rings is 1. The zero-order chi connectivity index (χ0) is 17.0. The minimum absolute atomic E-state index is 0.217. The number of carbonyl (C=O) groups excluding carboxylic acids is 1. The number of aliphatic carboxylic acids is 1. The first-order valence-corrected chi connectivity index (χ1v) is 6.98. The fraction of sp³-hybridized carbons (Fsp3) is 0.375. The van der Waals surface area contributed by atoms with E-state index >= 15 is 0 Å². The summed E-state index contributed by atoms with van der Waals surface area (Å²) in [5.74, 6) is -2.10. The molecule has 4 unspecified atom stereocenters. The summed E-state index contributed by atoms with van der Waals surface area (Å²) >= 11 is 0. The second-order valence-electron chi connectivity index (χ2n) is 5.04. The van der Waals surface area contributed by atoms with E-state index in [4.69, 9.17) is 19.3 Å². The van der Waals surface area contributed by atoms with E-state index in [1.807, 2.05) is 30.3 Å². The van der Waals surface area contributed by atoms with Gasteiger partial charge in [0.15, 0.2) is 12.2 Å². The van der Waals surface area contributed by atoms with Gasteiger partial charge in [-0.05, 0) is 5.56 Å². The molecule has 7 heteroatoms. The monoisotopic (exact) mass is 322 g/mol. The van der Waals surface area contributed by atoms with E-state index in [0.29, 0.717) is 0 Å². The van der Waals surface area contributed by atoms with Crippen LogP contribution in [-0.2, 0) is 23.8 Å². The normalized spacial score (nSPS) is 22.8. The molecule has 4 atom stereocenters. The van der Waals surface area contributed by atoms with Gasteiger partial charge in [0, 0.05) is 6.92 Å². The molecule has 7 nitrogen and oxygen atoms in total. The summed E-state index contributed by atoms with van der Waals surface area (Å²) in [6, 6.07) is 9.25. The van der Waals surface area contributed by atoms with Gasteiger partial charge in [0.05, 0.1) is 13.2 Å². The van der Waals surface area contributed by atoms with Gasteiger partial charge in [-0.15, -0.1) is 0 Å². The first-order valence-electron chi connectivity index (χ1n) is 6.98. The van der Waals surface area contributed by atoms with E-state index in [-0.39, 0.29) is 11.9 Å². The van der Waals surface area contributed by atoms with Crippen LogP contribution in [0.1, 0.15) is 18.6 Å². The Kier molecular flexibility index (Phi) is 5.36. The quantitative estimate of drug-likeness (QED) is 0.334. The van der Waals surface area contributed by atoms with Crippen LogP contribution < -0.4 is 0 Å². The Bertz CT molecular complexity index is 596. The number of hydrogen-bond acceptors (Lipinski definition) is 6. The number of carboxylic acids is 1. The van der Waals surface area contributed by atoms with Crippen molar-refractivity contribution in [1.82, 2.24) is 0 Å². The van der Waals surface area contributed by atoms with Crippen LogP contribution in [0.25, 0.3) is 0 Å². The molecule has 0 spiro atoms. The van der Waals surface area contributed by atoms with Gasteiger partial charge < -0.3 is 24.4 Å². The molecule has 0 aliphatic carbocycles. The Morgan fingerprint density at radius 3 is 2.48 bits per heavy atom. The van der Waals surface area contributed by atoms with Crippen LogP contribution in [0, 0.1) is 0 Å². The van der Waals surface area contributed by atoms with E-state index in [9.17, 15) is 14.7 Å². The predicted molar refractivity (Wildman–Crippen MR) is 78.3 cm³/mol. The number of aliphatic hydroxyl groups excluding tert-OH is 1. The maximum Gasteiger partial charge on any atom is 0.331 e. The van der Waals surface area contributed by atoms with Crippen molar-refractivity contribution >= 4 is 11.9 Å². The minimum atomic E-state index is -1.45. The molecule has 2 N–H and O–H groups in total. The zero-order valence-electron chi connectivity index (χ0n) is 12.7. The molecule has 1 saturated heterocycles. The van der Waals surface area contributed by atoms with Crippen molar-refractivity contribution in [2.24, 2.45) is 0 Å². The van der Waals surface area contributed by atoms with E-state index in [0.717, 1.165) is 11.6 Å². The molecule has 124 valence electrons. The number of carboxylic acid groups (broad SMARTS) is 1. The molecule has 0 amide bonds. The lowest BCUT2D eigenvalue weighted by atomic mass is 10.0. The van der Waals surface area contributed by atoms with E-state index in [1.54, 1.807) is 0 Å². The molecule has 2 rings (SSSR count). The summed E-state index contributed by atoms with van der Waals surface area (Å²) in [4.78, 5) is 22.1. The van der Waals surface area contributed by atoms with Crippen molar-refractivity contribution in [2.75, 3.05) is 7.11 Å². The Hall–Kier alpha value is -2.38. The number of hydrogen-bond donors (Lipinski definition) is 2. The standard InChI is InChI=1S/C16H18O7/c1-9(17)22-15(13(20)11(21-2)8-12(18)19)16-14(23-16)10-6-4-3-5-7-10/h3-8,13-16,20H,1-2H3,(H,18,19)/b11-8-. The van der Waals surface area contributed by atoms with Crippen LogP contribution in [0.15, 0.2) is 42.2 Å². The summed E-state index contributed by atoms with van der Waals surface area (Å²) in [5.41, 5.74) is 0.878. The van der Waals surface area contributed by atoms with Gasteiger partial charge in [-0.3, -0.25) is 4.79 Å². The molecule has 0 bridgehead atoms. The van der Waals surface area contributed by atoms with Crippen LogP contribution >= 0.6 is 0 Å². The fourth-order valence-corrected chi connectivity index (χ4v) is 2.34. The van der Waals surface area contributed by atoms with Crippen molar-refractivity contribution in [2.45, 2.75) is 31.3 Å². The van der Waals surface area contributed by atoms with Crippen molar-refractivity contribution in [3.05, 3.63) is 47.7 Å². The number of ether oxygens (including phenoxy) is 3. The largest absolute Gasteiger partial charge is 0.498 e. The van der Waals surface area contributed by atoms with E-state index in [1.165, 1.54) is 14.0 Å². The van der Waals surface area contributed by atoms with E-state index in [2.05, 4.69) is 0 Å². The molecule has 0 radical (unpaired) electrons. The maximum absolute atomic E-state index is 11.3. The number of aliphatic hydroxyl groups is 1. The van der Waals surface area contributed by atoms with Crippen LogP contribution in [0.4, 0.5) is 0 Å². The average Bonchev–Trinajstić information content (AvgIpc) is 3.30. The summed E-state index contributed by atoms with van der Waals surface area (Å²) in [7, 11) is 1.23. The van der Waals surface area contributed by atoms with Gasteiger partial charge in [0.1, 0.15) is 18.0 Å². The lowest BCUT2D eigenvalue weighted by molar-refractivity contribution is -0.153. The van der Waals surface area contributed by atoms with Gasteiger partial charge in [0.25, 0.3) is 0 Å². The molecule has 0 aromatic heterocycles. The second-order valence-corrected chi connectivity index (χ2v) is 5.04. The van der Waals surface area contributed by atoms with Crippen LogP contribution in [0.2, 0.25) is 0 Å². The molecule has 1 aromatic rings. The third-order valence-electron chi connectivity index (χ3n) is 3.38. The molecule has 1 fully saturated rings. The number of carbonyl (C=O) groups is 2. The molecule has 23 heavy (non-hydrogen) atoms. The van der Waals surface area contributed by atoms with E-state index < -0.39 is 30.3 Å². The minimum Gasteiger partial charge on any atom is -0.498 e. The maximum atomic E-state index is 11.3. The summed E-state index contributed by atoms with van der Waals surface area (Å²) in [6.07, 6.45) is -2.70. The van der Waals surface area contributed by atoms with Gasteiger partial charge in [-0.25, -0.2) is 4.79 Å². The van der Waals surface area contributed by atoms with Crippen LogP contribution in [-0.4, -0.2) is 47.6 Å². The zero-order valence-corrected chi connectivity index (χ0v) is 12.7. The number of esters is 1. The van der Waals surface area contributed by atoms with Gasteiger partial charge in [-0.2, -0.15) is 0 Å². The molecular weight excluding hydrogens is 304 g/mol. The topological polar surface area (TPSA) is 106 Å². The predicted octanol–water partition coefficient (Wildman–Crippen LogP) is 1.03. The first-order chi connectivity index (χ1) is 10.9. The highest BCUT2D eigenvalue weighted by Gasteiger charge is 2.51. The van der Waals surface area contributed by atoms with Crippen LogP contribution in [0.3, 0.4) is 0 Å². The summed E-state index contributed by atoms with van der Waals surface area (Å²) in [5, 5.41) is 19.1. The Labute approximate surface area is 133 Å². The summed E-state index contributed by atoms with van der Waals surface area (Å²) < 4.78 is 15.5. The number of rotatable bonds is 7. The number of methoxy groups -OCH3 is 1. The van der Waals surface area contributed by atoms with Crippen molar-refractivity contribution in [3.63, 3.8) is 0 Å². The SMILES string of the molecule is CO/C(=C\C(=O)O)C(O)C(OC(C)=O)C1OC1c1ccccc1. The smallest absolute Gasteiger partial charge is 0.331 e. The van der Waals surface area contributed by atoms with Crippen LogP contribution in [0.5, 0.6) is 0 Å². The van der Waals surface area contributed by atoms with Gasteiger partial charge >= 0.3 is 11.9 Å². The Morgan fingerprint density at radius 2 is 1.96 bits per heavy atom.